The average molecular weight is 284 g/mol. The number of hydrogen-bond donors (Lipinski definition) is 1. The maximum atomic E-state index is 10.5. The van der Waals surface area contributed by atoms with Crippen LogP contribution in [0.2, 0.25) is 0 Å². The van der Waals surface area contributed by atoms with Crippen molar-refractivity contribution >= 4 is 34.9 Å². The van der Waals surface area contributed by atoms with Crippen LogP contribution in [0, 0.1) is 5.41 Å². The number of nitrogen functional groups attached to an aromatic ring is 1. The molecule has 0 amide bonds. The minimum absolute atomic E-state index is 0.0213. The fourth-order valence-corrected chi connectivity index (χ4v) is 2.45. The molecule has 98 valence electrons. The lowest BCUT2D eigenvalue weighted by Crippen LogP contribution is -2.23. The maximum Gasteiger partial charge on any atom is 0.146 e. The van der Waals surface area contributed by atoms with Crippen LogP contribution in [0.15, 0.2) is 40.1 Å². The average Bonchev–Trinajstić information content (AvgIpc) is 2.85. The van der Waals surface area contributed by atoms with E-state index < -0.39 is 0 Å². The molecule has 1 aromatic rings. The SMILES string of the molecule is CC1=CC=C(C=O)CC1(C)CCl.Nc1ccsc1. The monoisotopic (exact) mass is 283 g/mol. The first-order valence-electron chi connectivity index (χ1n) is 5.68. The Morgan fingerprint density at radius 3 is 2.67 bits per heavy atom. The minimum Gasteiger partial charge on any atom is -0.398 e. The molecular weight excluding hydrogens is 266 g/mol. The summed E-state index contributed by atoms with van der Waals surface area (Å²) >= 11 is 7.47. The van der Waals surface area contributed by atoms with Crippen LogP contribution in [-0.4, -0.2) is 12.2 Å². The second-order valence-corrected chi connectivity index (χ2v) is 5.68. The lowest BCUT2D eigenvalue weighted by Gasteiger charge is -2.30. The van der Waals surface area contributed by atoms with Crippen LogP contribution in [0.3, 0.4) is 0 Å². The number of halogens is 1. The van der Waals surface area contributed by atoms with Crippen LogP contribution in [0.1, 0.15) is 20.3 Å². The number of alkyl halides is 1. The van der Waals surface area contributed by atoms with E-state index in [1.54, 1.807) is 11.3 Å². The maximum absolute atomic E-state index is 10.5. The van der Waals surface area contributed by atoms with Crippen molar-refractivity contribution in [3.63, 3.8) is 0 Å². The molecule has 1 heterocycles. The Balaban J connectivity index is 0.000000225. The summed E-state index contributed by atoms with van der Waals surface area (Å²) in [6.07, 6.45) is 5.53. The predicted octanol–water partition coefficient (Wildman–Crippen LogP) is 4.04. The third-order valence-corrected chi connectivity index (χ3v) is 4.37. The van der Waals surface area contributed by atoms with Gasteiger partial charge in [0.05, 0.1) is 0 Å². The lowest BCUT2D eigenvalue weighted by atomic mass is 9.76. The standard InChI is InChI=1S/C10H13ClO.C4H5NS/c1-8-3-4-9(6-12)5-10(8,2)7-11;5-4-1-2-6-3-4/h3-4,6H,5,7H2,1-2H3;1-3H,5H2. The zero-order chi connectivity index (χ0) is 13.6. The molecule has 4 heteroatoms. The molecule has 18 heavy (non-hydrogen) atoms. The molecule has 1 aliphatic carbocycles. The Hall–Kier alpha value is -1.06. The summed E-state index contributed by atoms with van der Waals surface area (Å²) in [6.45, 7) is 4.14. The van der Waals surface area contributed by atoms with E-state index in [1.807, 2.05) is 29.0 Å². The minimum atomic E-state index is -0.0213. The van der Waals surface area contributed by atoms with Gasteiger partial charge in [0.2, 0.25) is 0 Å². The van der Waals surface area contributed by atoms with Crippen molar-refractivity contribution in [3.8, 4) is 0 Å². The van der Waals surface area contributed by atoms with Crippen LogP contribution in [-0.2, 0) is 4.79 Å². The Bertz CT molecular complexity index is 450. The highest BCUT2D eigenvalue weighted by molar-refractivity contribution is 7.08. The molecule has 0 saturated carbocycles. The number of nitrogens with two attached hydrogens (primary N) is 1. The van der Waals surface area contributed by atoms with Crippen molar-refractivity contribution in [1.82, 2.24) is 0 Å². The molecule has 2 rings (SSSR count). The van der Waals surface area contributed by atoms with Gasteiger partial charge in [-0.15, -0.1) is 11.6 Å². The molecule has 0 spiro atoms. The lowest BCUT2D eigenvalue weighted by molar-refractivity contribution is -0.105. The van der Waals surface area contributed by atoms with Crippen molar-refractivity contribution in [2.45, 2.75) is 20.3 Å². The van der Waals surface area contributed by atoms with E-state index in [0.717, 1.165) is 24.0 Å². The number of aldehydes is 1. The van der Waals surface area contributed by atoms with Crippen LogP contribution in [0.4, 0.5) is 5.69 Å². The molecule has 0 aliphatic heterocycles. The van der Waals surface area contributed by atoms with E-state index in [9.17, 15) is 4.79 Å². The fourth-order valence-electron chi connectivity index (χ4n) is 1.59. The molecule has 0 fully saturated rings. The van der Waals surface area contributed by atoms with Crippen molar-refractivity contribution in [1.29, 1.82) is 0 Å². The normalized spacial score (nSPS) is 22.4. The molecule has 0 bridgehead atoms. The quantitative estimate of drug-likeness (QED) is 0.657. The number of rotatable bonds is 2. The first kappa shape index (κ1) is 15.0. The van der Waals surface area contributed by atoms with E-state index in [-0.39, 0.29) is 5.41 Å². The highest BCUT2D eigenvalue weighted by Crippen LogP contribution is 2.37. The van der Waals surface area contributed by atoms with Gasteiger partial charge in [0.1, 0.15) is 6.29 Å². The van der Waals surface area contributed by atoms with Gasteiger partial charge in [-0.2, -0.15) is 11.3 Å². The molecule has 0 radical (unpaired) electrons. The summed E-state index contributed by atoms with van der Waals surface area (Å²) in [4.78, 5) is 10.5. The molecule has 1 atom stereocenters. The number of carbonyl (C=O) groups excluding carboxylic acids is 1. The smallest absolute Gasteiger partial charge is 0.146 e. The van der Waals surface area contributed by atoms with Crippen molar-refractivity contribution in [2.75, 3.05) is 11.6 Å². The highest BCUT2D eigenvalue weighted by Gasteiger charge is 2.28. The van der Waals surface area contributed by atoms with Crippen molar-refractivity contribution in [3.05, 3.63) is 40.1 Å². The van der Waals surface area contributed by atoms with E-state index >= 15 is 0 Å². The fraction of sp³-hybridized carbons (Fsp3) is 0.357. The number of anilines is 1. The summed E-state index contributed by atoms with van der Waals surface area (Å²) < 4.78 is 0. The van der Waals surface area contributed by atoms with Crippen LogP contribution in [0.25, 0.3) is 0 Å². The molecule has 1 aliphatic rings. The third kappa shape index (κ3) is 4.00. The largest absolute Gasteiger partial charge is 0.398 e. The summed E-state index contributed by atoms with van der Waals surface area (Å²) in [5.41, 5.74) is 8.22. The van der Waals surface area contributed by atoms with Crippen molar-refractivity contribution < 1.29 is 4.79 Å². The zero-order valence-corrected chi connectivity index (χ0v) is 12.2. The molecule has 0 saturated heterocycles. The summed E-state index contributed by atoms with van der Waals surface area (Å²) in [5, 5.41) is 3.86. The molecule has 0 aromatic carbocycles. The first-order valence-corrected chi connectivity index (χ1v) is 7.16. The van der Waals surface area contributed by atoms with E-state index in [4.69, 9.17) is 17.3 Å². The van der Waals surface area contributed by atoms with Gasteiger partial charge in [0.15, 0.2) is 0 Å². The van der Waals surface area contributed by atoms with Gasteiger partial charge in [0.25, 0.3) is 0 Å². The third-order valence-electron chi connectivity index (χ3n) is 3.08. The van der Waals surface area contributed by atoms with Gasteiger partial charge in [-0.1, -0.05) is 24.6 Å². The summed E-state index contributed by atoms with van der Waals surface area (Å²) in [6, 6.07) is 1.88. The Labute approximate surface area is 117 Å². The predicted molar refractivity (Wildman–Crippen MR) is 80.1 cm³/mol. The molecular formula is C14H18ClNOS. The van der Waals surface area contributed by atoms with Crippen molar-refractivity contribution in [2.24, 2.45) is 5.41 Å². The van der Waals surface area contributed by atoms with Gasteiger partial charge in [0, 0.05) is 22.4 Å². The molecule has 2 N–H and O–H groups in total. The number of hydrogen-bond acceptors (Lipinski definition) is 3. The van der Waals surface area contributed by atoms with Crippen LogP contribution < -0.4 is 5.73 Å². The van der Waals surface area contributed by atoms with E-state index in [2.05, 4.69) is 13.8 Å². The molecule has 1 aromatic heterocycles. The van der Waals surface area contributed by atoms with Crippen LogP contribution in [0.5, 0.6) is 0 Å². The summed E-state index contributed by atoms with van der Waals surface area (Å²) in [5.74, 6) is 0.570. The van der Waals surface area contributed by atoms with Gasteiger partial charge in [-0.25, -0.2) is 0 Å². The second kappa shape index (κ2) is 6.76. The Morgan fingerprint density at radius 1 is 1.56 bits per heavy atom. The van der Waals surface area contributed by atoms with E-state index in [0.29, 0.717) is 5.88 Å². The van der Waals surface area contributed by atoms with Crippen LogP contribution >= 0.6 is 22.9 Å². The number of carbonyl (C=O) groups is 1. The van der Waals surface area contributed by atoms with Gasteiger partial charge in [-0.05, 0) is 30.4 Å². The van der Waals surface area contributed by atoms with Gasteiger partial charge in [-0.3, -0.25) is 4.79 Å². The van der Waals surface area contributed by atoms with Gasteiger partial charge < -0.3 is 5.73 Å². The summed E-state index contributed by atoms with van der Waals surface area (Å²) in [7, 11) is 0. The topological polar surface area (TPSA) is 43.1 Å². The molecule has 2 nitrogen and oxygen atoms in total. The van der Waals surface area contributed by atoms with Gasteiger partial charge >= 0.3 is 0 Å². The zero-order valence-electron chi connectivity index (χ0n) is 10.7. The van der Waals surface area contributed by atoms with E-state index in [1.165, 1.54) is 5.57 Å². The number of thiophene rings is 1. The Kier molecular flexibility index (Phi) is 5.63. The Morgan fingerprint density at radius 2 is 2.28 bits per heavy atom. The molecule has 1 unspecified atom stereocenters. The number of allylic oxidation sites excluding steroid dienone is 4. The second-order valence-electron chi connectivity index (χ2n) is 4.64. The first-order chi connectivity index (χ1) is 8.51. The highest BCUT2D eigenvalue weighted by atomic mass is 35.5.